The highest BCUT2D eigenvalue weighted by atomic mass is 32.1. The maximum Gasteiger partial charge on any atom is 0.260 e. The minimum absolute atomic E-state index is 0.103. The normalized spacial score (nSPS) is 10.7. The van der Waals surface area contributed by atoms with E-state index in [-0.39, 0.29) is 5.91 Å². The minimum Gasteiger partial charge on any atom is -0.383 e. The molecule has 3 aromatic rings. The summed E-state index contributed by atoms with van der Waals surface area (Å²) in [4.78, 5) is 14.6. The van der Waals surface area contributed by atoms with Gasteiger partial charge in [0.25, 0.3) is 5.91 Å². The van der Waals surface area contributed by atoms with Crippen LogP contribution in [0.5, 0.6) is 0 Å². The largest absolute Gasteiger partial charge is 0.383 e. The number of carbonyl (C=O) groups excluding carboxylic acids is 1. The molecule has 0 fully saturated rings. The van der Waals surface area contributed by atoms with Crippen LogP contribution in [-0.4, -0.2) is 36.4 Å². The van der Waals surface area contributed by atoms with E-state index in [0.29, 0.717) is 23.8 Å². The molecule has 0 saturated carbocycles. The second-order valence-corrected chi connectivity index (χ2v) is 7.03. The molecule has 0 spiro atoms. The molecule has 0 saturated heterocycles. The molecule has 2 aromatic carbocycles. The first kappa shape index (κ1) is 18.2. The van der Waals surface area contributed by atoms with Crippen molar-refractivity contribution in [1.29, 1.82) is 0 Å². The third-order valence-electron chi connectivity index (χ3n) is 4.01. The van der Waals surface area contributed by atoms with E-state index in [9.17, 15) is 4.79 Å². The first-order chi connectivity index (χ1) is 12.6. The van der Waals surface area contributed by atoms with Gasteiger partial charge in [-0.15, -0.1) is 10.2 Å². The summed E-state index contributed by atoms with van der Waals surface area (Å²) in [5.74, 6) is -0.103. The molecule has 0 aliphatic rings. The van der Waals surface area contributed by atoms with E-state index in [1.807, 2.05) is 62.4 Å². The maximum atomic E-state index is 13.0. The molecule has 0 aliphatic carbocycles. The highest BCUT2D eigenvalue weighted by molar-refractivity contribution is 7.18. The van der Waals surface area contributed by atoms with Crippen LogP contribution in [0.1, 0.15) is 21.5 Å². The molecule has 0 unspecified atom stereocenters. The van der Waals surface area contributed by atoms with Gasteiger partial charge in [0, 0.05) is 18.2 Å². The monoisotopic (exact) mass is 367 g/mol. The van der Waals surface area contributed by atoms with Crippen molar-refractivity contribution >= 4 is 22.4 Å². The van der Waals surface area contributed by atoms with E-state index in [1.165, 1.54) is 16.9 Å². The molecule has 0 atom stereocenters. The smallest absolute Gasteiger partial charge is 0.260 e. The van der Waals surface area contributed by atoms with Crippen LogP contribution in [0.25, 0.3) is 10.6 Å². The minimum atomic E-state index is -0.103. The number of amides is 1. The zero-order valence-electron chi connectivity index (χ0n) is 15.1. The van der Waals surface area contributed by atoms with Crippen molar-refractivity contribution in [3.05, 3.63) is 65.2 Å². The van der Waals surface area contributed by atoms with Crippen molar-refractivity contribution < 1.29 is 9.53 Å². The summed E-state index contributed by atoms with van der Waals surface area (Å²) in [5, 5.41) is 9.88. The third-order valence-corrected chi connectivity index (χ3v) is 5.00. The third kappa shape index (κ3) is 4.15. The molecule has 0 aliphatic heterocycles. The van der Waals surface area contributed by atoms with Crippen LogP contribution in [0.2, 0.25) is 0 Å². The van der Waals surface area contributed by atoms with Crippen molar-refractivity contribution in [2.45, 2.75) is 13.8 Å². The first-order valence-electron chi connectivity index (χ1n) is 8.36. The molecule has 3 rings (SSSR count). The molecule has 26 heavy (non-hydrogen) atoms. The topological polar surface area (TPSA) is 55.3 Å². The van der Waals surface area contributed by atoms with Crippen LogP contribution >= 0.6 is 11.3 Å². The fourth-order valence-corrected chi connectivity index (χ4v) is 3.33. The summed E-state index contributed by atoms with van der Waals surface area (Å²) in [6, 6.07) is 15.6. The quantitative estimate of drug-likeness (QED) is 0.658. The number of hydrogen-bond acceptors (Lipinski definition) is 5. The zero-order valence-corrected chi connectivity index (χ0v) is 15.9. The van der Waals surface area contributed by atoms with Crippen LogP contribution in [0, 0.1) is 13.8 Å². The van der Waals surface area contributed by atoms with Crippen LogP contribution in [0.4, 0.5) is 5.13 Å². The van der Waals surface area contributed by atoms with Gasteiger partial charge in [-0.05, 0) is 26.0 Å². The molecule has 1 amide bonds. The Morgan fingerprint density at radius 2 is 1.62 bits per heavy atom. The summed E-state index contributed by atoms with van der Waals surface area (Å²) < 4.78 is 5.17. The van der Waals surface area contributed by atoms with Crippen LogP contribution in [-0.2, 0) is 4.74 Å². The highest BCUT2D eigenvalue weighted by Crippen LogP contribution is 2.29. The molecule has 1 heterocycles. The second-order valence-electron chi connectivity index (χ2n) is 6.07. The summed E-state index contributed by atoms with van der Waals surface area (Å²) in [6.07, 6.45) is 0. The zero-order chi connectivity index (χ0) is 18.5. The van der Waals surface area contributed by atoms with Crippen LogP contribution < -0.4 is 4.90 Å². The molecule has 1 aromatic heterocycles. The molecular formula is C20H21N3O2S. The Morgan fingerprint density at radius 1 is 1.00 bits per heavy atom. The number of benzene rings is 2. The van der Waals surface area contributed by atoms with E-state index in [2.05, 4.69) is 10.2 Å². The van der Waals surface area contributed by atoms with Gasteiger partial charge >= 0.3 is 0 Å². The summed E-state index contributed by atoms with van der Waals surface area (Å²) in [5.41, 5.74) is 3.92. The highest BCUT2D eigenvalue weighted by Gasteiger charge is 2.21. The SMILES string of the molecule is COCCN(C(=O)c1ccc(C)cc1)c1nnc(-c2ccc(C)cc2)s1. The van der Waals surface area contributed by atoms with E-state index in [4.69, 9.17) is 4.74 Å². The molecule has 5 nitrogen and oxygen atoms in total. The standard InChI is InChI=1S/C20H21N3O2S/c1-14-4-8-16(9-5-14)18-21-22-20(26-18)23(12-13-25-3)19(24)17-10-6-15(2)7-11-17/h4-11H,12-13H2,1-3H3. The lowest BCUT2D eigenvalue weighted by atomic mass is 10.1. The van der Waals surface area contributed by atoms with Gasteiger partial charge in [0.15, 0.2) is 0 Å². The number of aryl methyl sites for hydroxylation is 2. The Morgan fingerprint density at radius 3 is 2.23 bits per heavy atom. The molecule has 6 heteroatoms. The molecule has 0 radical (unpaired) electrons. The Balaban J connectivity index is 1.89. The Bertz CT molecular complexity index is 873. The number of nitrogens with zero attached hydrogens (tertiary/aromatic N) is 3. The Kier molecular flexibility index (Phi) is 5.75. The number of carbonyl (C=O) groups is 1. The molecular weight excluding hydrogens is 346 g/mol. The van der Waals surface area contributed by atoms with Crippen molar-refractivity contribution in [3.63, 3.8) is 0 Å². The predicted octanol–water partition coefficient (Wildman–Crippen LogP) is 4.12. The summed E-state index contributed by atoms with van der Waals surface area (Å²) >= 11 is 1.40. The lowest BCUT2D eigenvalue weighted by Gasteiger charge is -2.19. The Hall–Kier alpha value is -2.57. The van der Waals surface area contributed by atoms with Crippen LogP contribution in [0.3, 0.4) is 0 Å². The van der Waals surface area contributed by atoms with Gasteiger partial charge in [0.05, 0.1) is 13.2 Å². The lowest BCUT2D eigenvalue weighted by molar-refractivity contribution is 0.0975. The number of methoxy groups -OCH3 is 1. The second kappa shape index (κ2) is 8.21. The molecule has 0 N–H and O–H groups in total. The summed E-state index contributed by atoms with van der Waals surface area (Å²) in [6.45, 7) is 4.89. The fourth-order valence-electron chi connectivity index (χ4n) is 2.46. The van der Waals surface area contributed by atoms with Crippen molar-refractivity contribution in [2.75, 3.05) is 25.2 Å². The average molecular weight is 367 g/mol. The van der Waals surface area contributed by atoms with Gasteiger partial charge in [0.2, 0.25) is 5.13 Å². The van der Waals surface area contributed by atoms with E-state index < -0.39 is 0 Å². The number of anilines is 1. The lowest BCUT2D eigenvalue weighted by Crippen LogP contribution is -2.33. The number of aromatic nitrogens is 2. The van der Waals surface area contributed by atoms with Gasteiger partial charge in [0.1, 0.15) is 5.01 Å². The number of rotatable bonds is 6. The van der Waals surface area contributed by atoms with Gasteiger partial charge in [-0.3, -0.25) is 9.69 Å². The van der Waals surface area contributed by atoms with Crippen molar-refractivity contribution in [2.24, 2.45) is 0 Å². The number of hydrogen-bond donors (Lipinski definition) is 0. The average Bonchev–Trinajstić information content (AvgIpc) is 3.13. The van der Waals surface area contributed by atoms with E-state index >= 15 is 0 Å². The van der Waals surface area contributed by atoms with E-state index in [1.54, 1.807) is 12.0 Å². The van der Waals surface area contributed by atoms with E-state index in [0.717, 1.165) is 16.1 Å². The van der Waals surface area contributed by atoms with Gasteiger partial charge in [-0.25, -0.2) is 0 Å². The number of ether oxygens (including phenoxy) is 1. The van der Waals surface area contributed by atoms with Crippen molar-refractivity contribution in [3.8, 4) is 10.6 Å². The fraction of sp³-hybridized carbons (Fsp3) is 0.250. The van der Waals surface area contributed by atoms with Gasteiger partial charge < -0.3 is 4.74 Å². The Labute approximate surface area is 157 Å². The van der Waals surface area contributed by atoms with Crippen LogP contribution in [0.15, 0.2) is 48.5 Å². The summed E-state index contributed by atoms with van der Waals surface area (Å²) in [7, 11) is 1.62. The van der Waals surface area contributed by atoms with Crippen molar-refractivity contribution in [1.82, 2.24) is 10.2 Å². The van der Waals surface area contributed by atoms with Gasteiger partial charge in [-0.1, -0.05) is 58.9 Å². The maximum absolute atomic E-state index is 13.0. The van der Waals surface area contributed by atoms with Gasteiger partial charge in [-0.2, -0.15) is 0 Å². The molecule has 134 valence electrons. The first-order valence-corrected chi connectivity index (χ1v) is 9.18. The molecule has 0 bridgehead atoms. The predicted molar refractivity (Wildman–Crippen MR) is 105 cm³/mol.